The highest BCUT2D eigenvalue weighted by atomic mass is 32.1. The van der Waals surface area contributed by atoms with Gasteiger partial charge in [0, 0.05) is 9.79 Å². The molecule has 19 heavy (non-hydrogen) atoms. The molecule has 3 rings (SSSR count). The molecule has 0 saturated heterocycles. The highest BCUT2D eigenvalue weighted by Gasteiger charge is 2.07. The van der Waals surface area contributed by atoms with E-state index in [1.807, 2.05) is 12.1 Å². The van der Waals surface area contributed by atoms with E-state index in [9.17, 15) is 0 Å². The van der Waals surface area contributed by atoms with Crippen LogP contribution in [0.25, 0.3) is 16.7 Å². The molecule has 0 aliphatic rings. The number of rotatable bonds is 1. The lowest BCUT2D eigenvalue weighted by Crippen LogP contribution is -2.16. The lowest BCUT2D eigenvalue weighted by molar-refractivity contribution is 0.767. The summed E-state index contributed by atoms with van der Waals surface area (Å²) in [5, 5.41) is 8.76. The van der Waals surface area contributed by atoms with E-state index >= 15 is 0 Å². The van der Waals surface area contributed by atoms with Gasteiger partial charge in [0.1, 0.15) is 26.7 Å². The van der Waals surface area contributed by atoms with Crippen molar-refractivity contribution in [2.75, 3.05) is 0 Å². The van der Waals surface area contributed by atoms with Gasteiger partial charge in [-0.2, -0.15) is 4.80 Å². The maximum Gasteiger partial charge on any atom is 0.114 e. The Hall–Kier alpha value is -1.33. The molecule has 0 bridgehead atoms. The van der Waals surface area contributed by atoms with Crippen LogP contribution in [-0.4, -0.2) is 30.7 Å². The first-order chi connectivity index (χ1) is 9.02. The van der Waals surface area contributed by atoms with E-state index in [0.717, 1.165) is 26.5 Å². The van der Waals surface area contributed by atoms with E-state index < -0.39 is 0 Å². The largest absolute Gasteiger partial charge is 0.150 e. The van der Waals surface area contributed by atoms with E-state index in [4.69, 9.17) is 15.7 Å². The molecule has 0 amide bonds. The molecule has 4 radical (unpaired) electrons. The van der Waals surface area contributed by atoms with Crippen LogP contribution in [-0.2, 0) is 0 Å². The molecule has 2 aromatic carbocycles. The Balaban J connectivity index is 2.20. The molecule has 0 N–H and O–H groups in total. The third kappa shape index (κ3) is 2.40. The number of nitrogens with zero attached hydrogens (tertiary/aromatic N) is 3. The molecule has 0 unspecified atom stereocenters. The van der Waals surface area contributed by atoms with Crippen molar-refractivity contribution in [3.05, 3.63) is 30.3 Å². The smallest absolute Gasteiger partial charge is 0.114 e. The van der Waals surface area contributed by atoms with Crippen LogP contribution in [0.1, 0.15) is 0 Å². The van der Waals surface area contributed by atoms with Gasteiger partial charge in [-0.25, -0.2) is 0 Å². The summed E-state index contributed by atoms with van der Waals surface area (Å²) < 4.78 is 0. The molecule has 0 aliphatic carbocycles. The third-order valence-corrected chi connectivity index (χ3v) is 3.59. The van der Waals surface area contributed by atoms with Crippen LogP contribution in [0.15, 0.2) is 40.1 Å². The summed E-state index contributed by atoms with van der Waals surface area (Å²) in [4.78, 5) is 3.02. The maximum atomic E-state index is 5.77. The van der Waals surface area contributed by atoms with Crippen LogP contribution in [0.4, 0.5) is 0 Å². The van der Waals surface area contributed by atoms with Gasteiger partial charge < -0.3 is 0 Å². The minimum absolute atomic E-state index is 0.570. The quantitative estimate of drug-likeness (QED) is 0.504. The number of hydrogen-bond donors (Lipinski definition) is 2. The SMILES string of the molecule is [B]c1cc([B])cc(-n2nc3cc(S)c(S)cc3n2)c1. The Labute approximate surface area is 124 Å². The summed E-state index contributed by atoms with van der Waals surface area (Å²) in [7, 11) is 11.5. The standard InChI is InChI=1S/C12H7B2N3S2/c13-6-1-7(14)3-8(2-6)17-15-9-4-11(18)12(19)5-10(9)16-17/h1-5,18-19H. The van der Waals surface area contributed by atoms with Crippen molar-refractivity contribution in [2.24, 2.45) is 0 Å². The molecule has 88 valence electrons. The van der Waals surface area contributed by atoms with Crippen molar-refractivity contribution in [1.82, 2.24) is 15.0 Å². The fraction of sp³-hybridized carbons (Fsp3) is 0. The monoisotopic (exact) mass is 279 g/mol. The second-order valence-corrected chi connectivity index (χ2v) is 5.14. The minimum Gasteiger partial charge on any atom is -0.150 e. The zero-order chi connectivity index (χ0) is 13.6. The molecular formula is C12H7B2N3S2. The number of fused-ring (bicyclic) bond motifs is 1. The van der Waals surface area contributed by atoms with Gasteiger partial charge in [0.05, 0.1) is 5.69 Å². The van der Waals surface area contributed by atoms with Gasteiger partial charge in [0.15, 0.2) is 0 Å². The molecule has 3 aromatic rings. The van der Waals surface area contributed by atoms with Crippen molar-refractivity contribution in [1.29, 1.82) is 0 Å². The Bertz CT molecular complexity index is 727. The molecule has 0 atom stereocenters. The fourth-order valence-corrected chi connectivity index (χ4v) is 2.20. The predicted molar refractivity (Wildman–Crippen MR) is 84.1 cm³/mol. The van der Waals surface area contributed by atoms with Crippen molar-refractivity contribution < 1.29 is 0 Å². The Kier molecular flexibility index (Phi) is 3.11. The number of hydrogen-bond acceptors (Lipinski definition) is 4. The fourth-order valence-electron chi connectivity index (χ4n) is 1.83. The molecule has 0 aliphatic heterocycles. The van der Waals surface area contributed by atoms with Crippen LogP contribution in [0.2, 0.25) is 0 Å². The van der Waals surface area contributed by atoms with E-state index in [0.29, 0.717) is 10.9 Å². The van der Waals surface area contributed by atoms with E-state index in [-0.39, 0.29) is 0 Å². The highest BCUT2D eigenvalue weighted by molar-refractivity contribution is 7.83. The van der Waals surface area contributed by atoms with Crippen LogP contribution in [0.3, 0.4) is 0 Å². The lowest BCUT2D eigenvalue weighted by atomic mass is 9.87. The predicted octanol–water partition coefficient (Wildman–Crippen LogP) is 0.585. The van der Waals surface area contributed by atoms with Gasteiger partial charge in [-0.05, 0) is 24.3 Å². The van der Waals surface area contributed by atoms with Crippen molar-refractivity contribution >= 4 is 62.9 Å². The first kappa shape index (κ1) is 12.7. The Morgan fingerprint density at radius 3 is 1.74 bits per heavy atom. The topological polar surface area (TPSA) is 30.7 Å². The second kappa shape index (κ2) is 4.65. The van der Waals surface area contributed by atoms with Crippen LogP contribution in [0.5, 0.6) is 0 Å². The summed E-state index contributed by atoms with van der Waals surface area (Å²) in [5.74, 6) is 0. The minimum atomic E-state index is 0.570. The van der Waals surface area contributed by atoms with Crippen molar-refractivity contribution in [3.8, 4) is 5.69 Å². The van der Waals surface area contributed by atoms with Gasteiger partial charge >= 0.3 is 0 Å². The average Bonchev–Trinajstić information content (AvgIpc) is 2.71. The summed E-state index contributed by atoms with van der Waals surface area (Å²) in [5.41, 5.74) is 3.34. The first-order valence-electron chi connectivity index (χ1n) is 5.48. The Morgan fingerprint density at radius 1 is 0.789 bits per heavy atom. The molecule has 0 spiro atoms. The normalized spacial score (nSPS) is 11.1. The third-order valence-electron chi connectivity index (χ3n) is 2.67. The van der Waals surface area contributed by atoms with Gasteiger partial charge in [-0.1, -0.05) is 17.0 Å². The molecule has 3 nitrogen and oxygen atoms in total. The lowest BCUT2D eigenvalue weighted by Gasteiger charge is -2.03. The second-order valence-electron chi connectivity index (χ2n) is 4.18. The highest BCUT2D eigenvalue weighted by Crippen LogP contribution is 2.23. The average molecular weight is 279 g/mol. The number of thiol groups is 2. The van der Waals surface area contributed by atoms with Crippen molar-refractivity contribution in [2.45, 2.75) is 9.79 Å². The number of aromatic nitrogens is 3. The van der Waals surface area contributed by atoms with Crippen LogP contribution < -0.4 is 10.9 Å². The van der Waals surface area contributed by atoms with E-state index in [1.165, 1.54) is 4.80 Å². The van der Waals surface area contributed by atoms with Crippen LogP contribution >= 0.6 is 25.3 Å². The summed E-state index contributed by atoms with van der Waals surface area (Å²) >= 11 is 8.62. The molecule has 0 saturated carbocycles. The first-order valence-corrected chi connectivity index (χ1v) is 6.38. The van der Waals surface area contributed by atoms with Gasteiger partial charge in [-0.15, -0.1) is 35.5 Å². The summed E-state index contributed by atoms with van der Waals surface area (Å²) in [6, 6.07) is 8.85. The zero-order valence-electron chi connectivity index (χ0n) is 9.78. The molecule has 1 heterocycles. The Morgan fingerprint density at radius 2 is 1.26 bits per heavy atom. The summed E-state index contributed by atoms with van der Waals surface area (Å²) in [6.45, 7) is 0. The van der Waals surface area contributed by atoms with Gasteiger partial charge in [-0.3, -0.25) is 0 Å². The molecule has 1 aromatic heterocycles. The molecule has 7 heteroatoms. The molecular weight excluding hydrogens is 272 g/mol. The van der Waals surface area contributed by atoms with E-state index in [2.05, 4.69) is 35.5 Å². The number of benzene rings is 2. The van der Waals surface area contributed by atoms with Crippen LogP contribution in [0, 0.1) is 0 Å². The van der Waals surface area contributed by atoms with Crippen molar-refractivity contribution in [3.63, 3.8) is 0 Å². The zero-order valence-corrected chi connectivity index (χ0v) is 11.6. The van der Waals surface area contributed by atoms with Gasteiger partial charge in [0.2, 0.25) is 0 Å². The summed E-state index contributed by atoms with van der Waals surface area (Å²) in [6.07, 6.45) is 0. The maximum absolute atomic E-state index is 5.77. The van der Waals surface area contributed by atoms with E-state index in [1.54, 1.807) is 18.2 Å². The molecule has 0 fully saturated rings. The van der Waals surface area contributed by atoms with Gasteiger partial charge in [0.25, 0.3) is 0 Å².